The number of nitrogens with one attached hydrogen (secondary N) is 2. The number of fused-ring (bicyclic) bond motifs is 4. The molecule has 0 spiro atoms. The summed E-state index contributed by atoms with van der Waals surface area (Å²) in [6.07, 6.45) is 6.27. The molecule has 0 atom stereocenters. The van der Waals surface area contributed by atoms with Crippen LogP contribution in [0.1, 0.15) is 29.2 Å². The van der Waals surface area contributed by atoms with E-state index < -0.39 is 23.0 Å². The second-order valence-corrected chi connectivity index (χ2v) is 9.39. The Labute approximate surface area is 208 Å². The number of aromatic nitrogens is 4. The van der Waals surface area contributed by atoms with Gasteiger partial charge in [0.2, 0.25) is 5.43 Å². The number of aromatic amines is 1. The topological polar surface area (TPSA) is 116 Å². The van der Waals surface area contributed by atoms with Crippen molar-refractivity contribution in [2.75, 3.05) is 31.4 Å². The molecule has 5 aromatic rings. The lowest BCUT2D eigenvalue weighted by Gasteiger charge is -2.19. The SMILES string of the molecule is CNc1cc(F)c(F)c2c1[nH]c1ncc(-c3cnc4c(c3)c(=O)c(C(=O)O)cn4C3CC3)c(N(C)C)c12. The summed E-state index contributed by atoms with van der Waals surface area (Å²) in [5.41, 5.74) is 2.13. The van der Waals surface area contributed by atoms with Crippen LogP contribution >= 0.6 is 0 Å². The van der Waals surface area contributed by atoms with Crippen LogP contribution in [0.25, 0.3) is 44.1 Å². The first-order chi connectivity index (χ1) is 17.7. The highest BCUT2D eigenvalue weighted by atomic mass is 19.2. The van der Waals surface area contributed by atoms with E-state index in [1.807, 2.05) is 0 Å². The molecule has 1 fully saturated rings. The molecule has 9 nitrogen and oxygen atoms in total. The number of carbonyl (C=O) groups is 1. The zero-order valence-corrected chi connectivity index (χ0v) is 20.2. The smallest absolute Gasteiger partial charge is 0.341 e. The van der Waals surface area contributed by atoms with Crippen LogP contribution in [0.2, 0.25) is 0 Å². The molecule has 4 aromatic heterocycles. The van der Waals surface area contributed by atoms with Gasteiger partial charge in [-0.25, -0.2) is 23.5 Å². The number of pyridine rings is 3. The molecule has 1 aliphatic carbocycles. The number of benzene rings is 1. The van der Waals surface area contributed by atoms with E-state index >= 15 is 4.39 Å². The molecule has 11 heteroatoms. The second-order valence-electron chi connectivity index (χ2n) is 9.39. The maximum absolute atomic E-state index is 15.2. The molecule has 6 rings (SSSR count). The number of hydrogen-bond acceptors (Lipinski definition) is 6. The Kier molecular flexibility index (Phi) is 4.94. The van der Waals surface area contributed by atoms with E-state index in [0.29, 0.717) is 44.7 Å². The Morgan fingerprint density at radius 3 is 2.59 bits per heavy atom. The summed E-state index contributed by atoms with van der Waals surface area (Å²) >= 11 is 0. The quantitative estimate of drug-likeness (QED) is 0.322. The third-order valence-electron chi connectivity index (χ3n) is 6.83. The molecule has 0 saturated heterocycles. The van der Waals surface area contributed by atoms with Crippen molar-refractivity contribution < 1.29 is 18.7 Å². The first kappa shape index (κ1) is 22.9. The number of nitrogens with zero attached hydrogens (tertiary/aromatic N) is 4. The number of hydrogen-bond donors (Lipinski definition) is 3. The van der Waals surface area contributed by atoms with Crippen molar-refractivity contribution >= 4 is 50.3 Å². The molecule has 0 unspecified atom stereocenters. The summed E-state index contributed by atoms with van der Waals surface area (Å²) in [5, 5.41) is 13.1. The van der Waals surface area contributed by atoms with Crippen LogP contribution in [0, 0.1) is 11.6 Å². The monoisotopic (exact) mass is 504 g/mol. The van der Waals surface area contributed by atoms with Gasteiger partial charge in [-0.2, -0.15) is 0 Å². The minimum Gasteiger partial charge on any atom is -0.477 e. The van der Waals surface area contributed by atoms with E-state index in [-0.39, 0.29) is 22.4 Å². The van der Waals surface area contributed by atoms with E-state index in [1.165, 1.54) is 6.20 Å². The third kappa shape index (κ3) is 3.34. The Hall–Kier alpha value is -4.54. The summed E-state index contributed by atoms with van der Waals surface area (Å²) in [4.78, 5) is 38.8. The predicted octanol–water partition coefficient (Wildman–Crippen LogP) is 4.51. The van der Waals surface area contributed by atoms with Crippen molar-refractivity contribution in [1.82, 2.24) is 19.5 Å². The van der Waals surface area contributed by atoms with Crippen molar-refractivity contribution in [2.24, 2.45) is 0 Å². The van der Waals surface area contributed by atoms with Gasteiger partial charge in [0.25, 0.3) is 0 Å². The number of aromatic carboxylic acids is 1. The number of carboxylic acid groups (broad SMARTS) is 1. The highest BCUT2D eigenvalue weighted by Crippen LogP contribution is 2.43. The largest absolute Gasteiger partial charge is 0.477 e. The summed E-state index contributed by atoms with van der Waals surface area (Å²) < 4.78 is 31.5. The average Bonchev–Trinajstić information content (AvgIpc) is 3.64. The van der Waals surface area contributed by atoms with E-state index in [4.69, 9.17) is 0 Å². The lowest BCUT2D eigenvalue weighted by atomic mass is 10.0. The molecule has 0 radical (unpaired) electrons. The van der Waals surface area contributed by atoms with Crippen molar-refractivity contribution in [1.29, 1.82) is 0 Å². The zero-order chi connectivity index (χ0) is 26.2. The number of rotatable bonds is 5. The highest BCUT2D eigenvalue weighted by molar-refractivity contribution is 6.18. The molecule has 4 heterocycles. The van der Waals surface area contributed by atoms with Crippen molar-refractivity contribution in [3.8, 4) is 11.1 Å². The molecule has 0 bridgehead atoms. The van der Waals surface area contributed by atoms with Crippen LogP contribution in [0.3, 0.4) is 0 Å². The van der Waals surface area contributed by atoms with E-state index in [1.54, 1.807) is 49.1 Å². The third-order valence-corrected chi connectivity index (χ3v) is 6.83. The van der Waals surface area contributed by atoms with Gasteiger partial charge in [0.15, 0.2) is 11.6 Å². The van der Waals surface area contributed by atoms with Gasteiger partial charge < -0.3 is 24.9 Å². The van der Waals surface area contributed by atoms with Crippen molar-refractivity contribution in [2.45, 2.75) is 18.9 Å². The van der Waals surface area contributed by atoms with Gasteiger partial charge in [0.05, 0.1) is 33.1 Å². The molecular weight excluding hydrogens is 482 g/mol. The molecule has 1 aliphatic rings. The van der Waals surface area contributed by atoms with Gasteiger partial charge in [-0.1, -0.05) is 0 Å². The Morgan fingerprint density at radius 1 is 1.19 bits per heavy atom. The molecule has 3 N–H and O–H groups in total. The normalized spacial score (nSPS) is 13.5. The average molecular weight is 504 g/mol. The second kappa shape index (κ2) is 7.99. The minimum atomic E-state index is -1.31. The zero-order valence-electron chi connectivity index (χ0n) is 20.2. The lowest BCUT2D eigenvalue weighted by Crippen LogP contribution is -2.19. The number of anilines is 2. The van der Waals surface area contributed by atoms with Crippen LogP contribution in [0.4, 0.5) is 20.2 Å². The van der Waals surface area contributed by atoms with Gasteiger partial charge in [-0.15, -0.1) is 0 Å². The van der Waals surface area contributed by atoms with E-state index in [2.05, 4.69) is 20.3 Å². The molecule has 1 aromatic carbocycles. The van der Waals surface area contributed by atoms with Crippen LogP contribution in [0.15, 0.2) is 35.5 Å². The Bertz CT molecular complexity index is 1840. The number of halogens is 2. The standard InChI is InChI=1S/C26H22F2N6O3/c1-29-17-7-16(27)20(28)18-19-22(33(2)3)14(9-30-24(19)32-21(17)18)11-6-13-23(35)15(26(36)37)10-34(12-4-5-12)25(13)31-8-11/h6-10,12,29H,4-5H2,1-3H3,(H,30,32)(H,36,37). The van der Waals surface area contributed by atoms with Crippen molar-refractivity contribution in [3.05, 3.63) is 58.1 Å². The molecule has 37 heavy (non-hydrogen) atoms. The van der Waals surface area contributed by atoms with Gasteiger partial charge in [0, 0.05) is 63.0 Å². The van der Waals surface area contributed by atoms with E-state index in [0.717, 1.165) is 18.9 Å². The molecule has 188 valence electrons. The Balaban J connectivity index is 1.69. The summed E-state index contributed by atoms with van der Waals surface area (Å²) in [6.45, 7) is 0. The summed E-state index contributed by atoms with van der Waals surface area (Å²) in [6, 6.07) is 2.78. The van der Waals surface area contributed by atoms with Crippen LogP contribution in [-0.2, 0) is 0 Å². The number of carboxylic acids is 1. The molecule has 1 saturated carbocycles. The maximum atomic E-state index is 15.2. The fourth-order valence-electron chi connectivity index (χ4n) is 4.98. The van der Waals surface area contributed by atoms with Gasteiger partial charge in [-0.05, 0) is 18.9 Å². The molecule has 0 amide bonds. The van der Waals surface area contributed by atoms with Gasteiger partial charge in [-0.3, -0.25) is 4.79 Å². The Morgan fingerprint density at radius 2 is 1.95 bits per heavy atom. The number of H-pyrrole nitrogens is 1. The summed E-state index contributed by atoms with van der Waals surface area (Å²) in [5.74, 6) is -3.31. The molecule has 0 aliphatic heterocycles. The highest BCUT2D eigenvalue weighted by Gasteiger charge is 2.28. The first-order valence-electron chi connectivity index (χ1n) is 11.7. The predicted molar refractivity (Wildman–Crippen MR) is 138 cm³/mol. The van der Waals surface area contributed by atoms with Crippen LogP contribution < -0.4 is 15.6 Å². The maximum Gasteiger partial charge on any atom is 0.341 e. The van der Waals surface area contributed by atoms with Gasteiger partial charge >= 0.3 is 5.97 Å². The first-order valence-corrected chi connectivity index (χ1v) is 11.7. The lowest BCUT2D eigenvalue weighted by molar-refractivity contribution is 0.0695. The van der Waals surface area contributed by atoms with Crippen LogP contribution in [-0.4, -0.2) is 51.7 Å². The summed E-state index contributed by atoms with van der Waals surface area (Å²) in [7, 11) is 5.15. The van der Waals surface area contributed by atoms with Gasteiger partial charge in [0.1, 0.15) is 16.9 Å². The van der Waals surface area contributed by atoms with Crippen molar-refractivity contribution in [3.63, 3.8) is 0 Å². The fraction of sp³-hybridized carbons (Fsp3) is 0.231. The molecular formula is C26H22F2N6O3. The fourth-order valence-corrected chi connectivity index (χ4v) is 4.98. The minimum absolute atomic E-state index is 0.0513. The van der Waals surface area contributed by atoms with Crippen LogP contribution in [0.5, 0.6) is 0 Å². The van der Waals surface area contributed by atoms with E-state index in [9.17, 15) is 19.1 Å².